The van der Waals surface area contributed by atoms with Crippen molar-refractivity contribution in [1.29, 1.82) is 0 Å². The Bertz CT molecular complexity index is 518. The van der Waals surface area contributed by atoms with Crippen molar-refractivity contribution in [3.8, 4) is 18.1 Å². The van der Waals surface area contributed by atoms with E-state index in [0.29, 0.717) is 17.6 Å². The average molecular weight is 259 g/mol. The number of hydrogen-bond donors (Lipinski definition) is 1. The van der Waals surface area contributed by atoms with Crippen molar-refractivity contribution in [3.63, 3.8) is 0 Å². The van der Waals surface area contributed by atoms with E-state index in [-0.39, 0.29) is 5.75 Å². The fraction of sp³-hybridized carbons (Fsp3) is 0.500. The summed E-state index contributed by atoms with van der Waals surface area (Å²) in [4.78, 5) is 4.16. The number of aromatic nitrogens is 1. The zero-order valence-electron chi connectivity index (χ0n) is 11.7. The number of nitrogens with zero attached hydrogens (tertiary/aromatic N) is 1. The summed E-state index contributed by atoms with van der Waals surface area (Å²) in [5, 5.41) is 9.60. The molecule has 100 valence electrons. The molecule has 1 aliphatic heterocycles. The fourth-order valence-electron chi connectivity index (χ4n) is 1.92. The van der Waals surface area contributed by atoms with E-state index in [1.807, 2.05) is 27.7 Å². The van der Waals surface area contributed by atoms with Crippen LogP contribution in [0.5, 0.6) is 5.75 Å². The van der Waals surface area contributed by atoms with E-state index in [1.165, 1.54) is 6.20 Å². The normalized spacial score (nSPS) is 20.3. The molecule has 2 heterocycles. The lowest BCUT2D eigenvalue weighted by atomic mass is 9.77. The van der Waals surface area contributed by atoms with E-state index in [2.05, 4.69) is 10.9 Å². The van der Waals surface area contributed by atoms with Crippen LogP contribution in [0.1, 0.15) is 33.4 Å². The summed E-state index contributed by atoms with van der Waals surface area (Å²) >= 11 is 0. The summed E-state index contributed by atoms with van der Waals surface area (Å²) in [5.74, 6) is 2.63. The van der Waals surface area contributed by atoms with Gasteiger partial charge < -0.3 is 14.4 Å². The number of aromatic hydroxyl groups is 1. The molecule has 4 nitrogen and oxygen atoms in total. The van der Waals surface area contributed by atoms with Crippen LogP contribution in [-0.2, 0) is 15.7 Å². The Labute approximate surface area is 114 Å². The van der Waals surface area contributed by atoms with Crippen molar-refractivity contribution in [2.75, 3.05) is 0 Å². The highest BCUT2D eigenvalue weighted by Gasteiger charge is 2.52. The molecule has 0 aromatic carbocycles. The second-order valence-corrected chi connectivity index (χ2v) is 5.70. The van der Waals surface area contributed by atoms with E-state index in [0.717, 1.165) is 0 Å². The SMILES string of the molecule is C#CCc1ncc(O)cc1B1OC(C)(C)C(C)(C)O1. The Morgan fingerprint density at radius 1 is 1.32 bits per heavy atom. The highest BCUT2D eigenvalue weighted by molar-refractivity contribution is 6.62. The van der Waals surface area contributed by atoms with Gasteiger partial charge in [-0.15, -0.1) is 12.3 Å². The van der Waals surface area contributed by atoms with E-state index in [9.17, 15) is 5.11 Å². The molecule has 1 aliphatic rings. The molecule has 5 heteroatoms. The van der Waals surface area contributed by atoms with Gasteiger partial charge in [0.2, 0.25) is 0 Å². The third-order valence-corrected chi connectivity index (χ3v) is 3.77. The predicted molar refractivity (Wildman–Crippen MR) is 74.2 cm³/mol. The minimum Gasteiger partial charge on any atom is -0.506 e. The molecule has 2 rings (SSSR count). The number of terminal acetylenes is 1. The molecule has 0 spiro atoms. The molecule has 0 aliphatic carbocycles. The number of hydrogen-bond acceptors (Lipinski definition) is 4. The Kier molecular flexibility index (Phi) is 3.33. The topological polar surface area (TPSA) is 51.6 Å². The average Bonchev–Trinajstić information content (AvgIpc) is 2.51. The molecule has 0 bridgehead atoms. The Balaban J connectivity index is 2.39. The van der Waals surface area contributed by atoms with Gasteiger partial charge in [-0.25, -0.2) is 0 Å². The minimum absolute atomic E-state index is 0.0745. The molecule has 19 heavy (non-hydrogen) atoms. The summed E-state index contributed by atoms with van der Waals surface area (Å²) in [6.07, 6.45) is 7.09. The molecule has 0 saturated carbocycles. The molecule has 0 atom stereocenters. The molecule has 0 radical (unpaired) electrons. The maximum atomic E-state index is 9.60. The molecular formula is C14H18BNO3. The summed E-state index contributed by atoms with van der Waals surface area (Å²) in [5.41, 5.74) is 0.517. The molecule has 1 aromatic heterocycles. The highest BCUT2D eigenvalue weighted by atomic mass is 16.7. The lowest BCUT2D eigenvalue weighted by Gasteiger charge is -2.32. The van der Waals surface area contributed by atoms with E-state index >= 15 is 0 Å². The third kappa shape index (κ3) is 2.47. The van der Waals surface area contributed by atoms with Crippen LogP contribution in [0.2, 0.25) is 0 Å². The Morgan fingerprint density at radius 2 is 1.89 bits per heavy atom. The summed E-state index contributed by atoms with van der Waals surface area (Å²) in [7, 11) is -0.562. The van der Waals surface area contributed by atoms with Crippen LogP contribution in [0.3, 0.4) is 0 Å². The van der Waals surface area contributed by atoms with Gasteiger partial charge in [-0.3, -0.25) is 4.98 Å². The number of pyridine rings is 1. The van der Waals surface area contributed by atoms with Crippen molar-refractivity contribution in [1.82, 2.24) is 4.98 Å². The van der Waals surface area contributed by atoms with Crippen molar-refractivity contribution < 1.29 is 14.4 Å². The largest absolute Gasteiger partial charge is 0.506 e. The van der Waals surface area contributed by atoms with Crippen molar-refractivity contribution >= 4 is 12.6 Å². The predicted octanol–water partition coefficient (Wildman–Crippen LogP) is 1.26. The maximum absolute atomic E-state index is 9.60. The number of rotatable bonds is 2. The molecule has 1 aromatic rings. The van der Waals surface area contributed by atoms with Crippen LogP contribution in [-0.4, -0.2) is 28.4 Å². The quantitative estimate of drug-likeness (QED) is 0.641. The summed E-state index contributed by atoms with van der Waals surface area (Å²) in [6, 6.07) is 1.60. The summed E-state index contributed by atoms with van der Waals surface area (Å²) < 4.78 is 11.9. The van der Waals surface area contributed by atoms with Gasteiger partial charge in [-0.1, -0.05) is 0 Å². The first kappa shape index (κ1) is 13.9. The molecular weight excluding hydrogens is 241 g/mol. The smallest absolute Gasteiger partial charge is 0.496 e. The first-order valence-corrected chi connectivity index (χ1v) is 6.24. The van der Waals surface area contributed by atoms with Gasteiger partial charge >= 0.3 is 7.12 Å². The molecule has 0 unspecified atom stereocenters. The van der Waals surface area contributed by atoms with Crippen LogP contribution in [0.25, 0.3) is 0 Å². The van der Waals surface area contributed by atoms with Crippen LogP contribution >= 0.6 is 0 Å². The second kappa shape index (κ2) is 4.55. The maximum Gasteiger partial charge on any atom is 0.496 e. The van der Waals surface area contributed by atoms with Crippen molar-refractivity contribution in [2.45, 2.75) is 45.3 Å². The van der Waals surface area contributed by atoms with Gasteiger partial charge in [0.05, 0.1) is 29.5 Å². The van der Waals surface area contributed by atoms with Crippen LogP contribution < -0.4 is 5.46 Å². The summed E-state index contributed by atoms with van der Waals surface area (Å²) in [6.45, 7) is 7.91. The van der Waals surface area contributed by atoms with Crippen molar-refractivity contribution in [3.05, 3.63) is 18.0 Å². The zero-order chi connectivity index (χ0) is 14.3. The molecule has 1 fully saturated rings. The lowest BCUT2D eigenvalue weighted by molar-refractivity contribution is 0.00578. The molecule has 1 N–H and O–H groups in total. The fourth-order valence-corrected chi connectivity index (χ4v) is 1.92. The first-order chi connectivity index (χ1) is 8.77. The van der Waals surface area contributed by atoms with Gasteiger partial charge in [0.15, 0.2) is 0 Å². The van der Waals surface area contributed by atoms with Gasteiger partial charge in [0.1, 0.15) is 5.75 Å². The van der Waals surface area contributed by atoms with E-state index in [4.69, 9.17) is 15.7 Å². The highest BCUT2D eigenvalue weighted by Crippen LogP contribution is 2.36. The van der Waals surface area contributed by atoms with Gasteiger partial charge in [0.25, 0.3) is 0 Å². The monoisotopic (exact) mass is 259 g/mol. The van der Waals surface area contributed by atoms with Crippen LogP contribution in [0, 0.1) is 12.3 Å². The molecule has 1 saturated heterocycles. The van der Waals surface area contributed by atoms with Gasteiger partial charge in [-0.2, -0.15) is 0 Å². The van der Waals surface area contributed by atoms with Crippen LogP contribution in [0.15, 0.2) is 12.3 Å². The van der Waals surface area contributed by atoms with E-state index in [1.54, 1.807) is 6.07 Å². The van der Waals surface area contributed by atoms with E-state index < -0.39 is 18.3 Å². The zero-order valence-corrected chi connectivity index (χ0v) is 11.7. The van der Waals surface area contributed by atoms with Crippen molar-refractivity contribution in [2.24, 2.45) is 0 Å². The minimum atomic E-state index is -0.562. The van der Waals surface area contributed by atoms with Crippen LogP contribution in [0.4, 0.5) is 0 Å². The lowest BCUT2D eigenvalue weighted by Crippen LogP contribution is -2.41. The Hall–Kier alpha value is -1.51. The second-order valence-electron chi connectivity index (χ2n) is 5.70. The van der Waals surface area contributed by atoms with Gasteiger partial charge in [0, 0.05) is 5.46 Å². The standard InChI is InChI=1S/C14H18BNO3/c1-6-7-12-11(8-10(17)9-16-12)15-18-13(2,3)14(4,5)19-15/h1,8-9,17H,7H2,2-5H3. The first-order valence-electron chi connectivity index (χ1n) is 6.24. The Morgan fingerprint density at radius 3 is 2.42 bits per heavy atom. The molecule has 0 amide bonds. The van der Waals surface area contributed by atoms with Gasteiger partial charge in [-0.05, 0) is 33.8 Å². The third-order valence-electron chi connectivity index (χ3n) is 3.77.